The van der Waals surface area contributed by atoms with E-state index in [0.29, 0.717) is 5.69 Å². The molecule has 0 bridgehead atoms. The molecule has 0 unspecified atom stereocenters. The van der Waals surface area contributed by atoms with Crippen molar-refractivity contribution in [2.24, 2.45) is 0 Å². The van der Waals surface area contributed by atoms with Crippen LogP contribution >= 0.6 is 22.6 Å². The average Bonchev–Trinajstić information content (AvgIpc) is 2.36. The summed E-state index contributed by atoms with van der Waals surface area (Å²) in [6.45, 7) is 0. The third-order valence-corrected chi connectivity index (χ3v) is 3.31. The maximum atomic E-state index is 11.7. The first-order chi connectivity index (χ1) is 9.40. The van der Waals surface area contributed by atoms with E-state index in [9.17, 15) is 14.4 Å². The minimum absolute atomic E-state index is 0.177. The van der Waals surface area contributed by atoms with Crippen molar-refractivity contribution in [2.45, 2.75) is 18.9 Å². The summed E-state index contributed by atoms with van der Waals surface area (Å²) < 4.78 is 0.803. The molecule has 0 fully saturated rings. The number of rotatable bonds is 6. The molecule has 0 aliphatic heterocycles. The topological polar surface area (TPSA) is 116 Å². The molecular formula is C12H13IN2O5. The number of para-hydroxylation sites is 1. The van der Waals surface area contributed by atoms with Crippen LogP contribution in [0.15, 0.2) is 24.3 Å². The molecule has 7 nitrogen and oxygen atoms in total. The first-order valence-corrected chi connectivity index (χ1v) is 6.74. The fraction of sp³-hybridized carbons (Fsp3) is 0.250. The number of urea groups is 1. The lowest BCUT2D eigenvalue weighted by molar-refractivity contribution is -0.140. The highest BCUT2D eigenvalue weighted by atomic mass is 127. The van der Waals surface area contributed by atoms with E-state index < -0.39 is 24.0 Å². The molecule has 2 amide bonds. The van der Waals surface area contributed by atoms with Crippen LogP contribution in [0.1, 0.15) is 12.8 Å². The predicted molar refractivity (Wildman–Crippen MR) is 79.6 cm³/mol. The molecule has 0 radical (unpaired) electrons. The predicted octanol–water partition coefficient (Wildman–Crippen LogP) is 1.73. The van der Waals surface area contributed by atoms with Crippen molar-refractivity contribution in [1.29, 1.82) is 0 Å². The van der Waals surface area contributed by atoms with Gasteiger partial charge in [-0.3, -0.25) is 4.79 Å². The Hall–Kier alpha value is -1.84. The molecular weight excluding hydrogens is 379 g/mol. The third-order valence-electron chi connectivity index (χ3n) is 2.37. The van der Waals surface area contributed by atoms with Gasteiger partial charge in [0.1, 0.15) is 6.04 Å². The van der Waals surface area contributed by atoms with Gasteiger partial charge in [-0.2, -0.15) is 0 Å². The van der Waals surface area contributed by atoms with Crippen molar-refractivity contribution >= 4 is 46.2 Å². The Balaban J connectivity index is 2.60. The van der Waals surface area contributed by atoms with E-state index in [4.69, 9.17) is 10.2 Å². The molecule has 0 aromatic heterocycles. The number of hydrogen-bond donors (Lipinski definition) is 4. The van der Waals surface area contributed by atoms with Crippen molar-refractivity contribution in [1.82, 2.24) is 5.32 Å². The van der Waals surface area contributed by atoms with Crippen LogP contribution < -0.4 is 10.6 Å². The lowest BCUT2D eigenvalue weighted by Gasteiger charge is -2.14. The molecule has 1 aromatic rings. The number of carbonyl (C=O) groups excluding carboxylic acids is 1. The van der Waals surface area contributed by atoms with Crippen molar-refractivity contribution in [3.8, 4) is 0 Å². The smallest absolute Gasteiger partial charge is 0.326 e. The number of carbonyl (C=O) groups is 3. The normalized spacial score (nSPS) is 11.4. The van der Waals surface area contributed by atoms with Gasteiger partial charge in [-0.1, -0.05) is 12.1 Å². The van der Waals surface area contributed by atoms with Gasteiger partial charge in [0.05, 0.1) is 5.69 Å². The number of amides is 2. The standard InChI is InChI=1S/C12H13IN2O5/c13-7-3-1-2-4-8(7)14-12(20)15-9(11(18)19)5-6-10(16)17/h1-4,9H,5-6H2,(H,16,17)(H,18,19)(H2,14,15,20)/t9-/m0/s1. The van der Waals surface area contributed by atoms with Crippen LogP contribution in [0.3, 0.4) is 0 Å². The van der Waals surface area contributed by atoms with Gasteiger partial charge in [0.25, 0.3) is 0 Å². The number of anilines is 1. The van der Waals surface area contributed by atoms with Crippen LogP contribution in [0.2, 0.25) is 0 Å². The average molecular weight is 392 g/mol. The number of aliphatic carboxylic acids is 2. The van der Waals surface area contributed by atoms with Gasteiger partial charge in [0.2, 0.25) is 0 Å². The van der Waals surface area contributed by atoms with Crippen LogP contribution in [-0.2, 0) is 9.59 Å². The monoisotopic (exact) mass is 392 g/mol. The van der Waals surface area contributed by atoms with Crippen LogP contribution in [0, 0.1) is 3.57 Å². The minimum Gasteiger partial charge on any atom is -0.481 e. The van der Waals surface area contributed by atoms with E-state index in [1.54, 1.807) is 24.3 Å². The first kappa shape index (κ1) is 16.2. The Labute approximate surface area is 128 Å². The van der Waals surface area contributed by atoms with Crippen molar-refractivity contribution in [3.63, 3.8) is 0 Å². The van der Waals surface area contributed by atoms with E-state index in [2.05, 4.69) is 10.6 Å². The molecule has 0 heterocycles. The third kappa shape index (κ3) is 5.43. The Morgan fingerprint density at radius 3 is 2.40 bits per heavy atom. The quantitative estimate of drug-likeness (QED) is 0.551. The summed E-state index contributed by atoms with van der Waals surface area (Å²) in [6.07, 6.45) is -0.510. The molecule has 108 valence electrons. The number of hydrogen-bond acceptors (Lipinski definition) is 3. The Morgan fingerprint density at radius 1 is 1.20 bits per heavy atom. The summed E-state index contributed by atoms with van der Waals surface area (Å²) in [7, 11) is 0. The SMILES string of the molecule is O=C(O)CC[C@H](NC(=O)Nc1ccccc1I)C(=O)O. The largest absolute Gasteiger partial charge is 0.481 e. The molecule has 0 aliphatic rings. The van der Waals surface area contributed by atoms with Gasteiger partial charge >= 0.3 is 18.0 Å². The van der Waals surface area contributed by atoms with Crippen LogP contribution in [0.25, 0.3) is 0 Å². The van der Waals surface area contributed by atoms with Gasteiger partial charge in [-0.25, -0.2) is 9.59 Å². The highest BCUT2D eigenvalue weighted by molar-refractivity contribution is 14.1. The maximum Gasteiger partial charge on any atom is 0.326 e. The van der Waals surface area contributed by atoms with Gasteiger partial charge in [0, 0.05) is 9.99 Å². The zero-order valence-electron chi connectivity index (χ0n) is 10.3. The summed E-state index contributed by atoms with van der Waals surface area (Å²) in [5.41, 5.74) is 0.549. The van der Waals surface area contributed by atoms with Crippen LogP contribution in [0.4, 0.5) is 10.5 Å². The fourth-order valence-electron chi connectivity index (χ4n) is 1.40. The summed E-state index contributed by atoms with van der Waals surface area (Å²) in [5.74, 6) is -2.39. The van der Waals surface area contributed by atoms with E-state index >= 15 is 0 Å². The second-order valence-electron chi connectivity index (χ2n) is 3.90. The van der Waals surface area contributed by atoms with Crippen LogP contribution in [-0.4, -0.2) is 34.2 Å². The summed E-state index contributed by atoms with van der Waals surface area (Å²) >= 11 is 2.03. The van der Waals surface area contributed by atoms with Crippen molar-refractivity contribution < 1.29 is 24.6 Å². The van der Waals surface area contributed by atoms with E-state index in [1.165, 1.54) is 0 Å². The zero-order valence-corrected chi connectivity index (χ0v) is 12.5. The number of nitrogens with one attached hydrogen (secondary N) is 2. The molecule has 0 aliphatic carbocycles. The number of carboxylic acids is 2. The second-order valence-corrected chi connectivity index (χ2v) is 5.06. The molecule has 20 heavy (non-hydrogen) atoms. The first-order valence-electron chi connectivity index (χ1n) is 5.67. The molecule has 0 spiro atoms. The van der Waals surface area contributed by atoms with Gasteiger partial charge < -0.3 is 20.8 Å². The van der Waals surface area contributed by atoms with Gasteiger partial charge in [-0.15, -0.1) is 0 Å². The molecule has 0 saturated carbocycles. The molecule has 1 rings (SSSR count). The summed E-state index contributed by atoms with van der Waals surface area (Å²) in [5, 5.41) is 22.2. The number of halogens is 1. The van der Waals surface area contributed by atoms with E-state index in [0.717, 1.165) is 3.57 Å². The summed E-state index contributed by atoms with van der Waals surface area (Å²) in [6, 6.07) is 5.07. The van der Waals surface area contributed by atoms with Gasteiger partial charge in [0.15, 0.2) is 0 Å². The summed E-state index contributed by atoms with van der Waals surface area (Å²) in [4.78, 5) is 33.0. The van der Waals surface area contributed by atoms with Gasteiger partial charge in [-0.05, 0) is 41.1 Å². The Morgan fingerprint density at radius 2 is 1.85 bits per heavy atom. The lowest BCUT2D eigenvalue weighted by atomic mass is 10.1. The highest BCUT2D eigenvalue weighted by Gasteiger charge is 2.21. The molecule has 0 saturated heterocycles. The van der Waals surface area contributed by atoms with E-state index in [1.807, 2.05) is 22.6 Å². The zero-order chi connectivity index (χ0) is 15.1. The fourth-order valence-corrected chi connectivity index (χ4v) is 1.93. The molecule has 8 heteroatoms. The highest BCUT2D eigenvalue weighted by Crippen LogP contribution is 2.16. The molecule has 1 atom stereocenters. The molecule has 1 aromatic carbocycles. The Kier molecular flexibility index (Phi) is 6.22. The lowest BCUT2D eigenvalue weighted by Crippen LogP contribution is -2.43. The number of carboxylic acid groups (broad SMARTS) is 2. The maximum absolute atomic E-state index is 11.7. The minimum atomic E-state index is -1.27. The van der Waals surface area contributed by atoms with Crippen LogP contribution in [0.5, 0.6) is 0 Å². The van der Waals surface area contributed by atoms with Crippen molar-refractivity contribution in [3.05, 3.63) is 27.8 Å². The second kappa shape index (κ2) is 7.68. The molecule has 4 N–H and O–H groups in total. The number of benzene rings is 1. The van der Waals surface area contributed by atoms with Crippen molar-refractivity contribution in [2.75, 3.05) is 5.32 Å². The van der Waals surface area contributed by atoms with E-state index in [-0.39, 0.29) is 12.8 Å². The Bertz CT molecular complexity index is 520.